The maximum Gasteiger partial charge on any atom is 0.318 e. The number of nitrogens with two attached hydrogens (primary N) is 2. The Morgan fingerprint density at radius 2 is 1.64 bits per heavy atom. The van der Waals surface area contributed by atoms with Crippen molar-refractivity contribution in [2.24, 2.45) is 17.4 Å². The van der Waals surface area contributed by atoms with Gasteiger partial charge in [-0.05, 0) is 12.3 Å². The molecule has 25 heavy (non-hydrogen) atoms. The van der Waals surface area contributed by atoms with E-state index in [4.69, 9.17) is 16.2 Å². The Bertz CT molecular complexity index is 505. The van der Waals surface area contributed by atoms with E-state index in [2.05, 4.69) is 10.6 Å². The van der Waals surface area contributed by atoms with Crippen LogP contribution in [-0.4, -0.2) is 67.0 Å². The summed E-state index contributed by atoms with van der Waals surface area (Å²) >= 11 is 0. The number of carbonyl (C=O) groups excluding carboxylic acids is 4. The molecule has 0 radical (unpaired) electrons. The lowest BCUT2D eigenvalue weighted by Crippen LogP contribution is -2.57. The third kappa shape index (κ3) is 7.38. The third-order valence-electron chi connectivity index (χ3n) is 3.68. The number of rotatable bonds is 8. The van der Waals surface area contributed by atoms with Gasteiger partial charge in [0.1, 0.15) is 12.1 Å². The van der Waals surface area contributed by atoms with Crippen LogP contribution < -0.4 is 22.1 Å². The minimum Gasteiger partial charge on any atom is -0.378 e. The summed E-state index contributed by atoms with van der Waals surface area (Å²) in [6, 6.07) is -2.44. The molecule has 142 valence electrons. The van der Waals surface area contributed by atoms with Crippen molar-refractivity contribution in [3.05, 3.63) is 0 Å². The van der Waals surface area contributed by atoms with Crippen molar-refractivity contribution in [2.75, 3.05) is 26.3 Å². The van der Waals surface area contributed by atoms with Gasteiger partial charge in [-0.1, -0.05) is 13.8 Å². The zero-order valence-electron chi connectivity index (χ0n) is 14.6. The summed E-state index contributed by atoms with van der Waals surface area (Å²) in [5.74, 6) is -2.10. The topological polar surface area (TPSA) is 157 Å². The van der Waals surface area contributed by atoms with Crippen molar-refractivity contribution in [1.82, 2.24) is 15.5 Å². The fourth-order valence-corrected chi connectivity index (χ4v) is 2.41. The summed E-state index contributed by atoms with van der Waals surface area (Å²) in [5, 5.41) is 5.06. The first kappa shape index (κ1) is 20.7. The van der Waals surface area contributed by atoms with E-state index in [-0.39, 0.29) is 11.9 Å². The van der Waals surface area contributed by atoms with Gasteiger partial charge in [-0.2, -0.15) is 0 Å². The Kier molecular flexibility index (Phi) is 8.12. The Labute approximate surface area is 146 Å². The number of morpholine rings is 1. The molecule has 0 spiro atoms. The molecule has 0 aliphatic carbocycles. The maximum atomic E-state index is 12.5. The number of primary amides is 2. The number of amides is 5. The van der Waals surface area contributed by atoms with Crippen LogP contribution in [0.25, 0.3) is 0 Å². The number of nitrogens with one attached hydrogen (secondary N) is 2. The summed E-state index contributed by atoms with van der Waals surface area (Å²) in [6.45, 7) is 5.56. The number of urea groups is 1. The highest BCUT2D eigenvalue weighted by Crippen LogP contribution is 2.07. The predicted molar refractivity (Wildman–Crippen MR) is 89.1 cm³/mol. The van der Waals surface area contributed by atoms with Gasteiger partial charge in [-0.25, -0.2) is 4.79 Å². The van der Waals surface area contributed by atoms with Crippen LogP contribution in [0, 0.1) is 5.92 Å². The molecule has 1 fully saturated rings. The molecule has 2 atom stereocenters. The molecule has 0 saturated carbocycles. The van der Waals surface area contributed by atoms with Gasteiger partial charge in [0.2, 0.25) is 17.7 Å². The van der Waals surface area contributed by atoms with Crippen molar-refractivity contribution in [1.29, 1.82) is 0 Å². The lowest BCUT2D eigenvalue weighted by Gasteiger charge is -2.30. The molecule has 0 aromatic rings. The first-order valence-corrected chi connectivity index (χ1v) is 8.21. The number of ether oxygens (including phenoxy) is 1. The first-order chi connectivity index (χ1) is 11.7. The first-order valence-electron chi connectivity index (χ1n) is 8.21. The average molecular weight is 357 g/mol. The molecule has 0 aromatic heterocycles. The molecule has 0 unspecified atom stereocenters. The molecule has 1 saturated heterocycles. The molecule has 1 aliphatic heterocycles. The molecule has 5 amide bonds. The fourth-order valence-electron chi connectivity index (χ4n) is 2.41. The van der Waals surface area contributed by atoms with E-state index in [0.29, 0.717) is 32.7 Å². The lowest BCUT2D eigenvalue weighted by atomic mass is 10.0. The molecule has 6 N–H and O–H groups in total. The van der Waals surface area contributed by atoms with Crippen LogP contribution in [0.4, 0.5) is 4.79 Å². The molecule has 10 heteroatoms. The van der Waals surface area contributed by atoms with Gasteiger partial charge in [-0.15, -0.1) is 0 Å². The van der Waals surface area contributed by atoms with Crippen LogP contribution in [0.5, 0.6) is 0 Å². The summed E-state index contributed by atoms with van der Waals surface area (Å²) < 4.78 is 5.19. The van der Waals surface area contributed by atoms with Gasteiger partial charge >= 0.3 is 6.03 Å². The van der Waals surface area contributed by atoms with Crippen LogP contribution in [0.15, 0.2) is 0 Å². The SMILES string of the molecule is CC(C)C[C@H](NC(=O)N1CCOCC1)C(=O)N[C@@H](CC(N)=O)C(N)=O. The van der Waals surface area contributed by atoms with Gasteiger partial charge in [0, 0.05) is 13.1 Å². The molecule has 0 aromatic carbocycles. The second-order valence-corrected chi connectivity index (χ2v) is 6.37. The fraction of sp³-hybridized carbons (Fsp3) is 0.733. The number of hydrogen-bond donors (Lipinski definition) is 4. The minimum atomic E-state index is -1.21. The Hall–Kier alpha value is -2.36. The van der Waals surface area contributed by atoms with Gasteiger partial charge in [0.25, 0.3) is 0 Å². The minimum absolute atomic E-state index is 0.115. The molecule has 1 rings (SSSR count). The normalized spacial score (nSPS) is 16.8. The molecule has 0 bridgehead atoms. The van der Waals surface area contributed by atoms with E-state index in [1.165, 1.54) is 0 Å². The smallest absolute Gasteiger partial charge is 0.318 e. The summed E-state index contributed by atoms with van der Waals surface area (Å²) in [7, 11) is 0. The molecule has 10 nitrogen and oxygen atoms in total. The third-order valence-corrected chi connectivity index (χ3v) is 3.68. The highest BCUT2D eigenvalue weighted by atomic mass is 16.5. The molecular formula is C15H27N5O5. The standard InChI is InChI=1S/C15H27N5O5/c1-9(2)7-11(19-15(24)20-3-5-25-6-4-20)14(23)18-10(13(17)22)8-12(16)21/h9-11H,3-8H2,1-2H3,(H2,16,21)(H2,17,22)(H,18,23)(H,19,24)/t10-,11-/m0/s1. The van der Waals surface area contributed by atoms with Crippen LogP contribution in [0.3, 0.4) is 0 Å². The maximum absolute atomic E-state index is 12.5. The van der Waals surface area contributed by atoms with Gasteiger partial charge in [-0.3, -0.25) is 14.4 Å². The summed E-state index contributed by atoms with van der Waals surface area (Å²) in [4.78, 5) is 48.7. The van der Waals surface area contributed by atoms with Crippen molar-refractivity contribution >= 4 is 23.8 Å². The lowest BCUT2D eigenvalue weighted by molar-refractivity contribution is -0.130. The highest BCUT2D eigenvalue weighted by molar-refractivity contribution is 5.93. The molecular weight excluding hydrogens is 330 g/mol. The van der Waals surface area contributed by atoms with Crippen LogP contribution in [0.1, 0.15) is 26.7 Å². The second kappa shape index (κ2) is 9.82. The average Bonchev–Trinajstić information content (AvgIpc) is 2.53. The largest absolute Gasteiger partial charge is 0.378 e. The second-order valence-electron chi connectivity index (χ2n) is 6.37. The number of hydrogen-bond acceptors (Lipinski definition) is 5. The van der Waals surface area contributed by atoms with Gasteiger partial charge in [0.05, 0.1) is 19.6 Å². The van der Waals surface area contributed by atoms with E-state index in [9.17, 15) is 19.2 Å². The van der Waals surface area contributed by atoms with E-state index in [1.54, 1.807) is 4.90 Å². The zero-order chi connectivity index (χ0) is 19.0. The summed E-state index contributed by atoms with van der Waals surface area (Å²) in [6.07, 6.45) is -0.0309. The van der Waals surface area contributed by atoms with Gasteiger partial charge < -0.3 is 31.7 Å². The van der Waals surface area contributed by atoms with Crippen LogP contribution in [0.2, 0.25) is 0 Å². The summed E-state index contributed by atoms with van der Waals surface area (Å²) in [5.41, 5.74) is 10.2. The van der Waals surface area contributed by atoms with Crippen molar-refractivity contribution in [3.63, 3.8) is 0 Å². The monoisotopic (exact) mass is 357 g/mol. The Balaban J connectivity index is 2.74. The number of carbonyl (C=O) groups is 4. The quantitative estimate of drug-likeness (QED) is 0.407. The van der Waals surface area contributed by atoms with Crippen LogP contribution >= 0.6 is 0 Å². The molecule has 1 heterocycles. The Morgan fingerprint density at radius 3 is 2.12 bits per heavy atom. The van der Waals surface area contributed by atoms with Crippen molar-refractivity contribution < 1.29 is 23.9 Å². The zero-order valence-corrected chi connectivity index (χ0v) is 14.6. The Morgan fingerprint density at radius 1 is 1.04 bits per heavy atom. The van der Waals surface area contributed by atoms with Crippen molar-refractivity contribution in [2.45, 2.75) is 38.8 Å². The van der Waals surface area contributed by atoms with E-state index >= 15 is 0 Å². The number of nitrogens with zero attached hydrogens (tertiary/aromatic N) is 1. The van der Waals surface area contributed by atoms with Crippen molar-refractivity contribution in [3.8, 4) is 0 Å². The van der Waals surface area contributed by atoms with E-state index < -0.39 is 36.2 Å². The van der Waals surface area contributed by atoms with Gasteiger partial charge in [0.15, 0.2) is 0 Å². The predicted octanol–water partition coefficient (Wildman–Crippen LogP) is -1.71. The van der Waals surface area contributed by atoms with E-state index in [0.717, 1.165) is 0 Å². The molecule has 1 aliphatic rings. The highest BCUT2D eigenvalue weighted by Gasteiger charge is 2.29. The van der Waals surface area contributed by atoms with Crippen LogP contribution in [-0.2, 0) is 19.1 Å². The van der Waals surface area contributed by atoms with E-state index in [1.807, 2.05) is 13.8 Å².